The third-order valence-electron chi connectivity index (χ3n) is 5.20. The molecule has 0 aliphatic carbocycles. The summed E-state index contributed by atoms with van der Waals surface area (Å²) in [7, 11) is 3.13. The predicted molar refractivity (Wildman–Crippen MR) is 117 cm³/mol. The van der Waals surface area contributed by atoms with Crippen molar-refractivity contribution >= 4 is 11.7 Å². The summed E-state index contributed by atoms with van der Waals surface area (Å²) >= 11 is 0. The first kappa shape index (κ1) is 20.5. The third-order valence-corrected chi connectivity index (χ3v) is 5.20. The molecule has 8 nitrogen and oxygen atoms in total. The summed E-state index contributed by atoms with van der Waals surface area (Å²) in [5.74, 6) is 1.92. The molecule has 2 heterocycles. The number of benzene rings is 2. The first-order valence-corrected chi connectivity index (χ1v) is 9.90. The molecular formula is C23H24N4O4. The van der Waals surface area contributed by atoms with E-state index in [2.05, 4.69) is 15.3 Å². The Balaban J connectivity index is 1.57. The van der Waals surface area contributed by atoms with E-state index in [1.165, 1.54) is 6.33 Å². The monoisotopic (exact) mass is 420 g/mol. The number of urea groups is 1. The summed E-state index contributed by atoms with van der Waals surface area (Å²) in [4.78, 5) is 23.0. The van der Waals surface area contributed by atoms with Crippen LogP contribution in [0.1, 0.15) is 12.5 Å². The molecule has 1 atom stereocenters. The van der Waals surface area contributed by atoms with E-state index in [1.807, 2.05) is 25.1 Å². The van der Waals surface area contributed by atoms with Gasteiger partial charge >= 0.3 is 6.03 Å². The van der Waals surface area contributed by atoms with Gasteiger partial charge in [-0.2, -0.15) is 0 Å². The van der Waals surface area contributed by atoms with Gasteiger partial charge in [0.05, 0.1) is 26.8 Å². The van der Waals surface area contributed by atoms with E-state index in [4.69, 9.17) is 14.2 Å². The van der Waals surface area contributed by atoms with Crippen molar-refractivity contribution in [3.63, 3.8) is 0 Å². The zero-order valence-electron chi connectivity index (χ0n) is 17.7. The van der Waals surface area contributed by atoms with E-state index in [9.17, 15) is 4.79 Å². The SMILES string of the molecule is COc1ccc(NC(=O)N2Cc3cc(-c4cncnc4)ccc3OC[C@@H]2C)cc1OC. The minimum atomic E-state index is -0.218. The lowest BCUT2D eigenvalue weighted by Crippen LogP contribution is -2.42. The Kier molecular flexibility index (Phi) is 5.88. The van der Waals surface area contributed by atoms with Crippen LogP contribution < -0.4 is 19.5 Å². The molecule has 0 unspecified atom stereocenters. The highest BCUT2D eigenvalue weighted by Gasteiger charge is 2.26. The van der Waals surface area contributed by atoms with E-state index < -0.39 is 0 Å². The molecule has 0 radical (unpaired) electrons. The standard InChI is InChI=1S/C23H24N4O4/c1-15-13-31-20-6-4-16(18-10-24-14-25-11-18)8-17(20)12-27(15)23(28)26-19-5-7-21(29-2)22(9-19)30-3/h4-11,14-15H,12-13H2,1-3H3,(H,26,28)/t15-/m0/s1. The fourth-order valence-electron chi connectivity index (χ4n) is 3.49. The Hall–Kier alpha value is -3.81. The molecule has 1 N–H and O–H groups in total. The van der Waals surface area contributed by atoms with Gasteiger partial charge in [-0.1, -0.05) is 6.07 Å². The van der Waals surface area contributed by atoms with Crippen LogP contribution >= 0.6 is 0 Å². The van der Waals surface area contributed by atoms with E-state index in [0.717, 1.165) is 22.4 Å². The Bertz CT molecular complexity index is 1070. The smallest absolute Gasteiger partial charge is 0.322 e. The number of nitrogens with zero attached hydrogens (tertiary/aromatic N) is 3. The van der Waals surface area contributed by atoms with E-state index in [0.29, 0.717) is 30.3 Å². The van der Waals surface area contributed by atoms with Gasteiger partial charge in [-0.3, -0.25) is 0 Å². The maximum absolute atomic E-state index is 13.1. The van der Waals surface area contributed by atoms with Gasteiger partial charge in [0, 0.05) is 35.3 Å². The number of rotatable bonds is 4. The van der Waals surface area contributed by atoms with Crippen LogP contribution in [0.5, 0.6) is 17.2 Å². The van der Waals surface area contributed by atoms with Crippen LogP contribution in [-0.2, 0) is 6.54 Å². The maximum Gasteiger partial charge on any atom is 0.322 e. The number of hydrogen-bond donors (Lipinski definition) is 1. The number of methoxy groups -OCH3 is 2. The molecule has 1 aliphatic rings. The molecule has 31 heavy (non-hydrogen) atoms. The molecule has 8 heteroatoms. The molecule has 2 amide bonds. The van der Waals surface area contributed by atoms with E-state index in [-0.39, 0.29) is 12.1 Å². The molecular weight excluding hydrogens is 396 g/mol. The molecule has 3 aromatic rings. The van der Waals surface area contributed by atoms with Gasteiger partial charge in [0.15, 0.2) is 11.5 Å². The maximum atomic E-state index is 13.1. The second kappa shape index (κ2) is 8.91. The zero-order chi connectivity index (χ0) is 21.8. The Labute approximate surface area is 180 Å². The highest BCUT2D eigenvalue weighted by atomic mass is 16.5. The summed E-state index contributed by atoms with van der Waals surface area (Å²) in [6.07, 6.45) is 5.02. The van der Waals surface area contributed by atoms with Crippen LogP contribution in [0.2, 0.25) is 0 Å². The largest absolute Gasteiger partial charge is 0.493 e. The van der Waals surface area contributed by atoms with Crippen molar-refractivity contribution in [3.8, 4) is 28.4 Å². The highest BCUT2D eigenvalue weighted by molar-refractivity contribution is 5.90. The van der Waals surface area contributed by atoms with Crippen molar-refractivity contribution in [3.05, 3.63) is 60.7 Å². The number of hydrogen-bond acceptors (Lipinski definition) is 6. The number of carbonyl (C=O) groups is 1. The number of aromatic nitrogens is 2. The highest BCUT2D eigenvalue weighted by Crippen LogP contribution is 2.32. The zero-order valence-corrected chi connectivity index (χ0v) is 17.7. The summed E-state index contributed by atoms with van der Waals surface area (Å²) in [6.45, 7) is 2.78. The Morgan fingerprint density at radius 1 is 1.06 bits per heavy atom. The lowest BCUT2D eigenvalue weighted by molar-refractivity contribution is 0.168. The Morgan fingerprint density at radius 3 is 2.58 bits per heavy atom. The molecule has 160 valence electrons. The molecule has 2 aromatic carbocycles. The summed E-state index contributed by atoms with van der Waals surface area (Å²) < 4.78 is 16.5. The van der Waals surface area contributed by atoms with Crippen LogP contribution in [0.4, 0.5) is 10.5 Å². The molecule has 0 bridgehead atoms. The van der Waals surface area contributed by atoms with Crippen molar-refractivity contribution in [2.24, 2.45) is 0 Å². The van der Waals surface area contributed by atoms with Crippen LogP contribution in [0, 0.1) is 0 Å². The van der Waals surface area contributed by atoms with Gasteiger partial charge in [-0.25, -0.2) is 14.8 Å². The summed E-state index contributed by atoms with van der Waals surface area (Å²) in [5, 5.41) is 2.95. The molecule has 1 aromatic heterocycles. The lowest BCUT2D eigenvalue weighted by atomic mass is 10.0. The fraction of sp³-hybridized carbons (Fsp3) is 0.261. The molecule has 0 spiro atoms. The quantitative estimate of drug-likeness (QED) is 0.687. The number of carbonyl (C=O) groups excluding carboxylic acids is 1. The average molecular weight is 420 g/mol. The van der Waals surface area contributed by atoms with Crippen LogP contribution in [0.15, 0.2) is 55.1 Å². The Morgan fingerprint density at radius 2 is 1.84 bits per heavy atom. The van der Waals surface area contributed by atoms with Crippen molar-refractivity contribution < 1.29 is 19.0 Å². The summed E-state index contributed by atoms with van der Waals surface area (Å²) in [6, 6.07) is 10.9. The van der Waals surface area contributed by atoms with Gasteiger partial charge < -0.3 is 24.4 Å². The molecule has 0 fully saturated rings. The van der Waals surface area contributed by atoms with Crippen molar-refractivity contribution in [1.29, 1.82) is 0 Å². The predicted octanol–water partition coefficient (Wildman–Crippen LogP) is 3.98. The molecule has 4 rings (SSSR count). The fourth-order valence-corrected chi connectivity index (χ4v) is 3.49. The number of anilines is 1. The number of fused-ring (bicyclic) bond motifs is 1. The molecule has 1 aliphatic heterocycles. The van der Waals surface area contributed by atoms with Crippen molar-refractivity contribution in [1.82, 2.24) is 14.9 Å². The van der Waals surface area contributed by atoms with Crippen LogP contribution in [0.3, 0.4) is 0 Å². The minimum Gasteiger partial charge on any atom is -0.493 e. The minimum absolute atomic E-state index is 0.115. The van der Waals surface area contributed by atoms with Gasteiger partial charge in [0.1, 0.15) is 18.7 Å². The third kappa shape index (κ3) is 4.37. The van der Waals surface area contributed by atoms with Gasteiger partial charge in [0.25, 0.3) is 0 Å². The number of nitrogens with one attached hydrogen (secondary N) is 1. The number of amides is 2. The van der Waals surface area contributed by atoms with Gasteiger partial charge in [-0.15, -0.1) is 0 Å². The topological polar surface area (TPSA) is 85.8 Å². The van der Waals surface area contributed by atoms with Gasteiger partial charge in [0.2, 0.25) is 0 Å². The second-order valence-electron chi connectivity index (χ2n) is 7.24. The number of ether oxygens (including phenoxy) is 3. The molecule has 0 saturated carbocycles. The summed E-state index contributed by atoms with van der Waals surface area (Å²) in [5.41, 5.74) is 3.42. The first-order valence-electron chi connectivity index (χ1n) is 9.90. The lowest BCUT2D eigenvalue weighted by Gasteiger charge is -2.26. The first-order chi connectivity index (χ1) is 15.1. The van der Waals surface area contributed by atoms with Crippen LogP contribution in [-0.4, -0.2) is 47.8 Å². The molecule has 0 saturated heterocycles. The average Bonchev–Trinajstić information content (AvgIpc) is 2.98. The normalized spacial score (nSPS) is 15.3. The van der Waals surface area contributed by atoms with Gasteiger partial charge in [-0.05, 0) is 36.8 Å². The van der Waals surface area contributed by atoms with E-state index >= 15 is 0 Å². The second-order valence-corrected chi connectivity index (χ2v) is 7.24. The van der Waals surface area contributed by atoms with Crippen molar-refractivity contribution in [2.75, 3.05) is 26.1 Å². The van der Waals surface area contributed by atoms with E-state index in [1.54, 1.807) is 49.7 Å². The van der Waals surface area contributed by atoms with Crippen LogP contribution in [0.25, 0.3) is 11.1 Å². The van der Waals surface area contributed by atoms with Crippen molar-refractivity contribution in [2.45, 2.75) is 19.5 Å².